The minimum Gasteiger partial charge on any atom is -0.435 e. The van der Waals surface area contributed by atoms with Gasteiger partial charge in [0.05, 0.1) is 11.3 Å². The molecule has 0 unspecified atom stereocenters. The van der Waals surface area contributed by atoms with Crippen LogP contribution in [0.3, 0.4) is 0 Å². The second-order valence-electron chi connectivity index (χ2n) is 7.10. The number of rotatable bonds is 3. The van der Waals surface area contributed by atoms with Gasteiger partial charge in [0.15, 0.2) is 6.10 Å². The van der Waals surface area contributed by atoms with E-state index in [2.05, 4.69) is 27.4 Å². The maximum atomic E-state index is 13.6. The molecule has 4 rings (SSSR count). The van der Waals surface area contributed by atoms with Gasteiger partial charge in [0.2, 0.25) is 0 Å². The van der Waals surface area contributed by atoms with E-state index in [1.54, 1.807) is 6.07 Å². The molecule has 0 aromatic carbocycles. The Bertz CT molecular complexity index is 908. The van der Waals surface area contributed by atoms with Gasteiger partial charge < -0.3 is 15.0 Å². The highest BCUT2D eigenvalue weighted by molar-refractivity contribution is 5.89. The highest BCUT2D eigenvalue weighted by Gasteiger charge is 2.37. The summed E-state index contributed by atoms with van der Waals surface area (Å²) < 4.78 is 32.0. The third-order valence-electron chi connectivity index (χ3n) is 4.88. The third kappa shape index (κ3) is 3.49. The van der Waals surface area contributed by atoms with Crippen molar-refractivity contribution in [2.75, 3.05) is 29.9 Å². The smallest absolute Gasteiger partial charge is 0.413 e. The SMILES string of the molecule is Cc1cc(-c2ccnc3c2[C@H](C(F)F)OC(=O)N3)nc(N2CCN[C@@H](C)C2)c1. The number of amides is 1. The fourth-order valence-corrected chi connectivity index (χ4v) is 3.65. The van der Waals surface area contributed by atoms with E-state index in [0.717, 1.165) is 31.0 Å². The Morgan fingerprint density at radius 3 is 2.93 bits per heavy atom. The van der Waals surface area contributed by atoms with Crippen LogP contribution in [0.4, 0.5) is 25.2 Å². The van der Waals surface area contributed by atoms with Gasteiger partial charge in [-0.2, -0.15) is 0 Å². The number of pyridine rings is 2. The van der Waals surface area contributed by atoms with Gasteiger partial charge in [-0.15, -0.1) is 0 Å². The number of piperazine rings is 1. The molecule has 2 aromatic rings. The van der Waals surface area contributed by atoms with Crippen LogP contribution in [0.1, 0.15) is 24.2 Å². The molecule has 2 aliphatic rings. The second kappa shape index (κ2) is 7.31. The number of hydrogen-bond acceptors (Lipinski definition) is 6. The molecule has 0 spiro atoms. The van der Waals surface area contributed by atoms with Crippen LogP contribution in [-0.4, -0.2) is 48.2 Å². The summed E-state index contributed by atoms with van der Waals surface area (Å²) in [6.45, 7) is 6.52. The molecule has 2 aromatic heterocycles. The van der Waals surface area contributed by atoms with E-state index < -0.39 is 18.6 Å². The van der Waals surface area contributed by atoms with Gasteiger partial charge in [0.25, 0.3) is 6.43 Å². The molecule has 1 saturated heterocycles. The second-order valence-corrected chi connectivity index (χ2v) is 7.10. The molecule has 0 radical (unpaired) electrons. The zero-order valence-electron chi connectivity index (χ0n) is 15.6. The molecule has 0 aliphatic carbocycles. The van der Waals surface area contributed by atoms with Gasteiger partial charge in [-0.05, 0) is 37.6 Å². The minimum absolute atomic E-state index is 0.0831. The van der Waals surface area contributed by atoms with Crippen LogP contribution in [0.25, 0.3) is 11.3 Å². The molecule has 2 aliphatic heterocycles. The predicted molar refractivity (Wildman–Crippen MR) is 101 cm³/mol. The predicted octanol–water partition coefficient (Wildman–Crippen LogP) is 3.12. The zero-order chi connectivity index (χ0) is 19.8. The average Bonchev–Trinajstić information content (AvgIpc) is 2.66. The van der Waals surface area contributed by atoms with Crippen molar-refractivity contribution >= 4 is 17.7 Å². The lowest BCUT2D eigenvalue weighted by Gasteiger charge is -2.33. The first-order valence-electron chi connectivity index (χ1n) is 9.14. The summed E-state index contributed by atoms with van der Waals surface area (Å²) in [7, 11) is 0. The first-order chi connectivity index (χ1) is 13.4. The average molecular weight is 389 g/mol. The molecular formula is C19H21F2N5O2. The lowest BCUT2D eigenvalue weighted by atomic mass is 9.99. The zero-order valence-corrected chi connectivity index (χ0v) is 15.6. The Hall–Kier alpha value is -2.81. The Kier molecular flexibility index (Phi) is 4.84. The molecule has 2 N–H and O–H groups in total. The van der Waals surface area contributed by atoms with E-state index >= 15 is 0 Å². The maximum absolute atomic E-state index is 13.6. The van der Waals surface area contributed by atoms with E-state index in [4.69, 9.17) is 9.72 Å². The first kappa shape index (κ1) is 18.5. The number of cyclic esters (lactones) is 1. The van der Waals surface area contributed by atoms with Gasteiger partial charge in [-0.3, -0.25) is 5.32 Å². The van der Waals surface area contributed by atoms with Crippen LogP contribution in [0.2, 0.25) is 0 Å². The van der Waals surface area contributed by atoms with E-state index in [-0.39, 0.29) is 11.4 Å². The number of hydrogen-bond donors (Lipinski definition) is 2. The Morgan fingerprint density at radius 2 is 2.18 bits per heavy atom. The van der Waals surface area contributed by atoms with Crippen molar-refractivity contribution in [1.82, 2.24) is 15.3 Å². The Labute approximate surface area is 161 Å². The molecule has 9 heteroatoms. The molecule has 148 valence electrons. The Morgan fingerprint density at radius 1 is 1.36 bits per heavy atom. The highest BCUT2D eigenvalue weighted by Crippen LogP contribution is 2.40. The molecule has 0 bridgehead atoms. The Balaban J connectivity index is 1.80. The van der Waals surface area contributed by atoms with Crippen LogP contribution in [0.5, 0.6) is 0 Å². The number of fused-ring (bicyclic) bond motifs is 1. The molecule has 0 saturated carbocycles. The van der Waals surface area contributed by atoms with Crippen molar-refractivity contribution < 1.29 is 18.3 Å². The standard InChI is InChI=1S/C19H21F2N5O2/c1-10-7-13(24-14(8-10)26-6-5-22-11(2)9-26)12-3-4-23-18-15(12)16(17(20)21)28-19(27)25-18/h3-4,7-8,11,16-17,22H,5-6,9H2,1-2H3,(H,23,25,27)/t11-,16+/m0/s1. The quantitative estimate of drug-likeness (QED) is 0.840. The number of aromatic nitrogens is 2. The topological polar surface area (TPSA) is 79.4 Å². The summed E-state index contributed by atoms with van der Waals surface area (Å²) in [6.07, 6.45) is -4.02. The van der Waals surface area contributed by atoms with Crippen molar-refractivity contribution in [2.24, 2.45) is 0 Å². The number of nitrogens with zero attached hydrogens (tertiary/aromatic N) is 3. The number of carbonyl (C=O) groups excluding carboxylic acids is 1. The van der Waals surface area contributed by atoms with Gasteiger partial charge in [-0.25, -0.2) is 23.5 Å². The monoisotopic (exact) mass is 389 g/mol. The summed E-state index contributed by atoms with van der Waals surface area (Å²) in [4.78, 5) is 22.6. The van der Waals surface area contributed by atoms with E-state index in [1.165, 1.54) is 6.20 Å². The number of halogens is 2. The summed E-state index contributed by atoms with van der Waals surface area (Å²) in [5.41, 5.74) is 2.13. The number of ether oxygens (including phenoxy) is 1. The van der Waals surface area contributed by atoms with Gasteiger partial charge in [0.1, 0.15) is 11.6 Å². The van der Waals surface area contributed by atoms with Crippen molar-refractivity contribution in [3.8, 4) is 11.3 Å². The van der Waals surface area contributed by atoms with Crippen molar-refractivity contribution in [3.05, 3.63) is 35.5 Å². The van der Waals surface area contributed by atoms with Crippen molar-refractivity contribution in [2.45, 2.75) is 32.4 Å². The highest BCUT2D eigenvalue weighted by atomic mass is 19.3. The van der Waals surface area contributed by atoms with E-state index in [1.807, 2.05) is 19.1 Å². The summed E-state index contributed by atoms with van der Waals surface area (Å²) in [5.74, 6) is 0.878. The molecule has 4 heterocycles. The molecule has 2 atom stereocenters. The number of carbonyl (C=O) groups is 1. The van der Waals surface area contributed by atoms with Gasteiger partial charge in [-0.1, -0.05) is 0 Å². The van der Waals surface area contributed by atoms with Crippen LogP contribution in [0, 0.1) is 6.92 Å². The van der Waals surface area contributed by atoms with E-state index in [9.17, 15) is 13.6 Å². The molecule has 7 nitrogen and oxygen atoms in total. The van der Waals surface area contributed by atoms with Gasteiger partial charge in [0, 0.05) is 37.4 Å². The molecular weight excluding hydrogens is 368 g/mol. The number of nitrogens with one attached hydrogen (secondary N) is 2. The normalized spacial score (nSPS) is 21.9. The largest absolute Gasteiger partial charge is 0.435 e. The lowest BCUT2D eigenvalue weighted by Crippen LogP contribution is -2.49. The van der Waals surface area contributed by atoms with Crippen LogP contribution in [0.15, 0.2) is 24.4 Å². The van der Waals surface area contributed by atoms with Crippen molar-refractivity contribution in [1.29, 1.82) is 0 Å². The summed E-state index contributed by atoms with van der Waals surface area (Å²) in [6, 6.07) is 5.78. The number of alkyl halides is 2. The summed E-state index contributed by atoms with van der Waals surface area (Å²) >= 11 is 0. The fourth-order valence-electron chi connectivity index (χ4n) is 3.65. The number of aryl methyl sites for hydroxylation is 1. The van der Waals surface area contributed by atoms with Crippen LogP contribution < -0.4 is 15.5 Å². The molecule has 1 amide bonds. The third-order valence-corrected chi connectivity index (χ3v) is 4.88. The number of anilines is 2. The van der Waals surface area contributed by atoms with Crippen LogP contribution in [-0.2, 0) is 4.74 Å². The lowest BCUT2D eigenvalue weighted by molar-refractivity contribution is -0.0168. The summed E-state index contributed by atoms with van der Waals surface area (Å²) in [5, 5.41) is 5.79. The molecule has 28 heavy (non-hydrogen) atoms. The minimum atomic E-state index is -2.87. The van der Waals surface area contributed by atoms with E-state index in [0.29, 0.717) is 17.3 Å². The first-order valence-corrected chi connectivity index (χ1v) is 9.14. The van der Waals surface area contributed by atoms with Gasteiger partial charge >= 0.3 is 6.09 Å². The van der Waals surface area contributed by atoms with Crippen LogP contribution >= 0.6 is 0 Å². The fraction of sp³-hybridized carbons (Fsp3) is 0.421. The maximum Gasteiger partial charge on any atom is 0.413 e. The van der Waals surface area contributed by atoms with Crippen molar-refractivity contribution in [3.63, 3.8) is 0 Å². The molecule has 1 fully saturated rings.